The molecule has 0 aliphatic carbocycles. The monoisotopic (exact) mass is 237 g/mol. The average Bonchev–Trinajstić information content (AvgIpc) is 2.77. The van der Waals surface area contributed by atoms with Crippen molar-refractivity contribution in [3.63, 3.8) is 0 Å². The first kappa shape index (κ1) is 14.2. The summed E-state index contributed by atoms with van der Waals surface area (Å²) < 4.78 is 2.05. The van der Waals surface area contributed by atoms with Gasteiger partial charge in [-0.05, 0) is 18.9 Å². The lowest BCUT2D eigenvalue weighted by Crippen LogP contribution is -2.16. The van der Waals surface area contributed by atoms with E-state index in [1.165, 1.54) is 37.8 Å². The minimum atomic E-state index is 0.158. The molecule has 1 unspecified atom stereocenters. The Kier molecular flexibility index (Phi) is 6.94. The van der Waals surface area contributed by atoms with Crippen molar-refractivity contribution in [1.82, 2.24) is 9.78 Å². The first-order chi connectivity index (χ1) is 8.29. The van der Waals surface area contributed by atoms with Crippen molar-refractivity contribution < 1.29 is 0 Å². The van der Waals surface area contributed by atoms with E-state index in [4.69, 9.17) is 5.73 Å². The van der Waals surface area contributed by atoms with Crippen LogP contribution in [0, 0.1) is 0 Å². The zero-order chi connectivity index (χ0) is 12.5. The average molecular weight is 237 g/mol. The summed E-state index contributed by atoms with van der Waals surface area (Å²) in [5.74, 6) is 0. The van der Waals surface area contributed by atoms with Gasteiger partial charge in [-0.2, -0.15) is 5.10 Å². The fourth-order valence-corrected chi connectivity index (χ4v) is 2.17. The van der Waals surface area contributed by atoms with E-state index >= 15 is 0 Å². The van der Waals surface area contributed by atoms with Crippen LogP contribution < -0.4 is 5.73 Å². The van der Waals surface area contributed by atoms with Crippen LogP contribution in [0.25, 0.3) is 0 Å². The van der Waals surface area contributed by atoms with Crippen LogP contribution >= 0.6 is 0 Å². The molecule has 1 rings (SSSR count). The van der Waals surface area contributed by atoms with Crippen molar-refractivity contribution in [2.24, 2.45) is 5.73 Å². The molecule has 0 aromatic carbocycles. The highest BCUT2D eigenvalue weighted by molar-refractivity contribution is 5.06. The number of nitrogens with zero attached hydrogens (tertiary/aromatic N) is 2. The number of aryl methyl sites for hydroxylation is 1. The molecule has 98 valence electrons. The van der Waals surface area contributed by atoms with Crippen molar-refractivity contribution in [3.05, 3.63) is 18.0 Å². The second-order valence-electron chi connectivity index (χ2n) is 4.79. The van der Waals surface area contributed by atoms with Gasteiger partial charge >= 0.3 is 0 Å². The Hall–Kier alpha value is -0.830. The minimum absolute atomic E-state index is 0.158. The zero-order valence-electron chi connectivity index (χ0n) is 11.4. The van der Waals surface area contributed by atoms with Gasteiger partial charge in [-0.3, -0.25) is 4.68 Å². The SMILES string of the molecule is CCCCCCCC(N)c1ccnn1CCC. The Balaban J connectivity index is 2.30. The molecule has 0 bridgehead atoms. The summed E-state index contributed by atoms with van der Waals surface area (Å²) in [6.45, 7) is 5.39. The van der Waals surface area contributed by atoms with Gasteiger partial charge in [-0.25, -0.2) is 0 Å². The van der Waals surface area contributed by atoms with Gasteiger partial charge in [0.2, 0.25) is 0 Å². The predicted molar refractivity (Wildman–Crippen MR) is 72.8 cm³/mol. The molecule has 1 aromatic heterocycles. The third-order valence-corrected chi connectivity index (χ3v) is 3.18. The number of nitrogens with two attached hydrogens (primary N) is 1. The number of rotatable bonds is 9. The molecule has 0 amide bonds. The summed E-state index contributed by atoms with van der Waals surface area (Å²) in [6.07, 6.45) is 10.6. The van der Waals surface area contributed by atoms with Gasteiger partial charge in [-0.1, -0.05) is 46.0 Å². The summed E-state index contributed by atoms with van der Waals surface area (Å²) in [5.41, 5.74) is 7.42. The van der Waals surface area contributed by atoms with E-state index in [0.717, 1.165) is 19.4 Å². The molecular weight excluding hydrogens is 210 g/mol. The highest BCUT2D eigenvalue weighted by Gasteiger charge is 2.10. The second kappa shape index (κ2) is 8.29. The van der Waals surface area contributed by atoms with Crippen LogP contribution in [0.1, 0.15) is 70.5 Å². The summed E-state index contributed by atoms with van der Waals surface area (Å²) in [5, 5.41) is 4.32. The fourth-order valence-electron chi connectivity index (χ4n) is 2.17. The maximum absolute atomic E-state index is 6.22. The van der Waals surface area contributed by atoms with Crippen LogP contribution in [0.2, 0.25) is 0 Å². The van der Waals surface area contributed by atoms with Gasteiger partial charge in [-0.15, -0.1) is 0 Å². The predicted octanol–water partition coefficient (Wildman–Crippen LogP) is 3.65. The Morgan fingerprint density at radius 2 is 1.94 bits per heavy atom. The lowest BCUT2D eigenvalue weighted by Gasteiger charge is -2.13. The van der Waals surface area contributed by atoms with E-state index in [-0.39, 0.29) is 6.04 Å². The van der Waals surface area contributed by atoms with Crippen molar-refractivity contribution in [1.29, 1.82) is 0 Å². The Labute approximate surface area is 105 Å². The topological polar surface area (TPSA) is 43.8 Å². The molecule has 0 radical (unpaired) electrons. The van der Waals surface area contributed by atoms with E-state index < -0.39 is 0 Å². The van der Waals surface area contributed by atoms with Crippen LogP contribution in [0.4, 0.5) is 0 Å². The number of hydrogen-bond acceptors (Lipinski definition) is 2. The lowest BCUT2D eigenvalue weighted by atomic mass is 10.0. The third-order valence-electron chi connectivity index (χ3n) is 3.18. The quantitative estimate of drug-likeness (QED) is 0.666. The van der Waals surface area contributed by atoms with Gasteiger partial charge in [0, 0.05) is 18.8 Å². The molecule has 0 fully saturated rings. The molecule has 1 aromatic rings. The van der Waals surface area contributed by atoms with Gasteiger partial charge < -0.3 is 5.73 Å². The van der Waals surface area contributed by atoms with Crippen LogP contribution in [-0.2, 0) is 6.54 Å². The smallest absolute Gasteiger partial charge is 0.0551 e. The van der Waals surface area contributed by atoms with Crippen molar-refractivity contribution in [2.75, 3.05) is 0 Å². The summed E-state index contributed by atoms with van der Waals surface area (Å²) in [7, 11) is 0. The Bertz CT molecular complexity index is 293. The standard InChI is InChI=1S/C14H27N3/c1-3-5-6-7-8-9-13(15)14-10-11-16-17(14)12-4-2/h10-11,13H,3-9,12,15H2,1-2H3. The normalized spacial score (nSPS) is 12.9. The fraction of sp³-hybridized carbons (Fsp3) is 0.786. The summed E-state index contributed by atoms with van der Waals surface area (Å²) in [4.78, 5) is 0. The van der Waals surface area contributed by atoms with E-state index in [2.05, 4.69) is 29.7 Å². The van der Waals surface area contributed by atoms with E-state index in [0.29, 0.717) is 0 Å². The Morgan fingerprint density at radius 3 is 2.65 bits per heavy atom. The molecule has 2 N–H and O–H groups in total. The lowest BCUT2D eigenvalue weighted by molar-refractivity contribution is 0.499. The van der Waals surface area contributed by atoms with Crippen LogP contribution in [-0.4, -0.2) is 9.78 Å². The number of aromatic nitrogens is 2. The van der Waals surface area contributed by atoms with Crippen molar-refractivity contribution in [3.8, 4) is 0 Å². The van der Waals surface area contributed by atoms with Crippen molar-refractivity contribution >= 4 is 0 Å². The molecule has 3 heteroatoms. The van der Waals surface area contributed by atoms with Gasteiger partial charge in [0.15, 0.2) is 0 Å². The molecule has 0 saturated heterocycles. The highest BCUT2D eigenvalue weighted by Crippen LogP contribution is 2.17. The Morgan fingerprint density at radius 1 is 1.18 bits per heavy atom. The second-order valence-corrected chi connectivity index (χ2v) is 4.79. The van der Waals surface area contributed by atoms with Crippen molar-refractivity contribution in [2.45, 2.75) is 71.4 Å². The minimum Gasteiger partial charge on any atom is -0.323 e. The molecule has 0 saturated carbocycles. The molecule has 17 heavy (non-hydrogen) atoms. The van der Waals surface area contributed by atoms with Crippen LogP contribution in [0.15, 0.2) is 12.3 Å². The molecule has 1 atom stereocenters. The zero-order valence-corrected chi connectivity index (χ0v) is 11.4. The maximum Gasteiger partial charge on any atom is 0.0551 e. The van der Waals surface area contributed by atoms with Gasteiger partial charge in [0.05, 0.1) is 5.69 Å². The first-order valence-electron chi connectivity index (χ1n) is 7.06. The molecule has 0 aliphatic heterocycles. The van der Waals surface area contributed by atoms with E-state index in [1.807, 2.05) is 6.20 Å². The third kappa shape index (κ3) is 4.90. The molecule has 3 nitrogen and oxygen atoms in total. The van der Waals surface area contributed by atoms with E-state index in [1.54, 1.807) is 0 Å². The summed E-state index contributed by atoms with van der Waals surface area (Å²) >= 11 is 0. The van der Waals surface area contributed by atoms with E-state index in [9.17, 15) is 0 Å². The molecule has 1 heterocycles. The molecular formula is C14H27N3. The maximum atomic E-state index is 6.22. The van der Waals surface area contributed by atoms with Gasteiger partial charge in [0.25, 0.3) is 0 Å². The van der Waals surface area contributed by atoms with Crippen LogP contribution in [0.3, 0.4) is 0 Å². The number of unbranched alkanes of at least 4 members (excludes halogenated alkanes) is 4. The van der Waals surface area contributed by atoms with Crippen LogP contribution in [0.5, 0.6) is 0 Å². The van der Waals surface area contributed by atoms with Gasteiger partial charge in [0.1, 0.15) is 0 Å². The number of hydrogen-bond donors (Lipinski definition) is 1. The molecule has 0 spiro atoms. The molecule has 0 aliphatic rings. The summed E-state index contributed by atoms with van der Waals surface area (Å²) in [6, 6.07) is 2.22. The highest BCUT2D eigenvalue weighted by atomic mass is 15.3. The largest absolute Gasteiger partial charge is 0.323 e. The first-order valence-corrected chi connectivity index (χ1v) is 7.06.